The van der Waals surface area contributed by atoms with Crippen LogP contribution in [0.5, 0.6) is 5.75 Å². The van der Waals surface area contributed by atoms with Crippen LogP contribution in [0.15, 0.2) is 36.4 Å². The lowest BCUT2D eigenvalue weighted by atomic mass is 10.2. The van der Waals surface area contributed by atoms with Gasteiger partial charge in [0.25, 0.3) is 0 Å². The average Bonchev–Trinajstić information content (AvgIpc) is 2.45. The van der Waals surface area contributed by atoms with Crippen molar-refractivity contribution >= 4 is 5.82 Å². The summed E-state index contributed by atoms with van der Waals surface area (Å²) in [6, 6.07) is 9.44. The van der Waals surface area contributed by atoms with E-state index in [4.69, 9.17) is 4.74 Å². The topological polar surface area (TPSA) is 47.0 Å². The Bertz CT molecular complexity index is 553. The Morgan fingerprint density at radius 3 is 2.25 bits per heavy atom. The number of ether oxygens (including phenoxy) is 1. The highest BCUT2D eigenvalue weighted by Gasteiger charge is 2.32. The van der Waals surface area contributed by atoms with Crippen molar-refractivity contribution in [3.05, 3.63) is 47.7 Å². The van der Waals surface area contributed by atoms with E-state index in [1.165, 1.54) is 6.07 Å². The number of rotatable bonds is 4. The van der Waals surface area contributed by atoms with Crippen LogP contribution >= 0.6 is 0 Å². The second kappa shape index (κ2) is 5.77. The predicted molar refractivity (Wildman–Crippen MR) is 67.4 cm³/mol. The summed E-state index contributed by atoms with van der Waals surface area (Å²) in [4.78, 5) is 0. The van der Waals surface area contributed by atoms with E-state index >= 15 is 0 Å². The monoisotopic (exact) mass is 283 g/mol. The van der Waals surface area contributed by atoms with E-state index in [1.807, 2.05) is 12.1 Å². The molecule has 0 radical (unpaired) electrons. The fourth-order valence-corrected chi connectivity index (χ4v) is 1.51. The summed E-state index contributed by atoms with van der Waals surface area (Å²) in [6.07, 6.45) is -4.47. The van der Waals surface area contributed by atoms with Crippen LogP contribution in [-0.2, 0) is 12.7 Å². The number of benzene rings is 1. The highest BCUT2D eigenvalue weighted by molar-refractivity contribution is 5.36. The van der Waals surface area contributed by atoms with Gasteiger partial charge in [-0.3, -0.25) is 0 Å². The van der Waals surface area contributed by atoms with Crippen molar-refractivity contribution < 1.29 is 17.9 Å². The smallest absolute Gasteiger partial charge is 0.435 e. The Kier molecular flexibility index (Phi) is 4.07. The van der Waals surface area contributed by atoms with Gasteiger partial charge in [-0.15, -0.1) is 10.2 Å². The normalized spacial score (nSPS) is 11.2. The Morgan fingerprint density at radius 1 is 1.05 bits per heavy atom. The van der Waals surface area contributed by atoms with Gasteiger partial charge in [-0.1, -0.05) is 12.1 Å². The second-order valence-corrected chi connectivity index (χ2v) is 4.00. The number of nitrogens with zero attached hydrogens (tertiary/aromatic N) is 2. The van der Waals surface area contributed by atoms with Crippen molar-refractivity contribution in [2.75, 3.05) is 12.4 Å². The highest BCUT2D eigenvalue weighted by Crippen LogP contribution is 2.27. The molecule has 0 aliphatic heterocycles. The van der Waals surface area contributed by atoms with Gasteiger partial charge >= 0.3 is 6.18 Å². The van der Waals surface area contributed by atoms with Gasteiger partial charge in [0, 0.05) is 6.54 Å². The quantitative estimate of drug-likeness (QED) is 0.936. The fraction of sp³-hybridized carbons (Fsp3) is 0.231. The van der Waals surface area contributed by atoms with Crippen LogP contribution in [0.25, 0.3) is 0 Å². The van der Waals surface area contributed by atoms with Crippen molar-refractivity contribution in [2.24, 2.45) is 0 Å². The van der Waals surface area contributed by atoms with Crippen LogP contribution in [0.4, 0.5) is 19.0 Å². The third-order valence-electron chi connectivity index (χ3n) is 2.59. The lowest BCUT2D eigenvalue weighted by Gasteiger charge is -2.08. The molecule has 4 nitrogen and oxygen atoms in total. The number of aromatic nitrogens is 2. The van der Waals surface area contributed by atoms with Crippen molar-refractivity contribution in [2.45, 2.75) is 12.7 Å². The van der Waals surface area contributed by atoms with Crippen molar-refractivity contribution in [1.29, 1.82) is 0 Å². The van der Waals surface area contributed by atoms with E-state index in [2.05, 4.69) is 15.5 Å². The molecule has 7 heteroatoms. The van der Waals surface area contributed by atoms with Crippen molar-refractivity contribution in [1.82, 2.24) is 10.2 Å². The van der Waals surface area contributed by atoms with Crippen LogP contribution in [0.1, 0.15) is 11.3 Å². The van der Waals surface area contributed by atoms with Gasteiger partial charge in [0.05, 0.1) is 7.11 Å². The summed E-state index contributed by atoms with van der Waals surface area (Å²) in [6.45, 7) is 0.435. The first-order chi connectivity index (χ1) is 9.49. The first kappa shape index (κ1) is 14.1. The third-order valence-corrected chi connectivity index (χ3v) is 2.59. The zero-order valence-electron chi connectivity index (χ0n) is 10.6. The summed E-state index contributed by atoms with van der Waals surface area (Å²) >= 11 is 0. The summed E-state index contributed by atoms with van der Waals surface area (Å²) in [7, 11) is 1.57. The SMILES string of the molecule is COc1ccc(CNc2ccc(C(F)(F)F)nn2)cc1. The fourth-order valence-electron chi connectivity index (χ4n) is 1.51. The van der Waals surface area contributed by atoms with Crippen LogP contribution in [0.3, 0.4) is 0 Å². The molecule has 0 aliphatic rings. The van der Waals surface area contributed by atoms with E-state index in [-0.39, 0.29) is 5.82 Å². The summed E-state index contributed by atoms with van der Waals surface area (Å²) < 4.78 is 41.9. The number of methoxy groups -OCH3 is 1. The molecule has 0 fully saturated rings. The molecular weight excluding hydrogens is 271 g/mol. The van der Waals surface area contributed by atoms with Gasteiger partial charge < -0.3 is 10.1 Å². The van der Waals surface area contributed by atoms with Gasteiger partial charge in [-0.25, -0.2) is 0 Å². The van der Waals surface area contributed by atoms with E-state index in [0.29, 0.717) is 6.54 Å². The molecule has 0 bridgehead atoms. The second-order valence-electron chi connectivity index (χ2n) is 4.00. The lowest BCUT2D eigenvalue weighted by molar-refractivity contribution is -0.141. The molecule has 1 aromatic carbocycles. The van der Waals surface area contributed by atoms with Gasteiger partial charge in [-0.2, -0.15) is 13.2 Å². The van der Waals surface area contributed by atoms with Crippen LogP contribution in [0.2, 0.25) is 0 Å². The summed E-state index contributed by atoms with van der Waals surface area (Å²) in [5, 5.41) is 9.52. The molecule has 2 aromatic rings. The maximum atomic E-state index is 12.3. The Morgan fingerprint density at radius 2 is 1.75 bits per heavy atom. The van der Waals surface area contributed by atoms with Gasteiger partial charge in [0.1, 0.15) is 11.6 Å². The minimum Gasteiger partial charge on any atom is -0.497 e. The molecule has 1 N–H and O–H groups in total. The van der Waals surface area contributed by atoms with Gasteiger partial charge in [-0.05, 0) is 29.8 Å². The standard InChI is InChI=1S/C13H12F3N3O/c1-20-10-4-2-9(3-5-10)8-17-12-7-6-11(18-19-12)13(14,15)16/h2-7H,8H2,1H3,(H,17,19). The average molecular weight is 283 g/mol. The maximum Gasteiger partial charge on any atom is 0.435 e. The molecule has 1 heterocycles. The number of alkyl halides is 3. The third kappa shape index (κ3) is 3.59. The number of hydrogen-bond acceptors (Lipinski definition) is 4. The molecule has 20 heavy (non-hydrogen) atoms. The number of halogens is 3. The van der Waals surface area contributed by atoms with Gasteiger partial charge in [0.2, 0.25) is 0 Å². The number of anilines is 1. The van der Waals surface area contributed by atoms with E-state index in [9.17, 15) is 13.2 Å². The van der Waals surface area contributed by atoms with Crippen LogP contribution in [0, 0.1) is 0 Å². The van der Waals surface area contributed by atoms with E-state index in [0.717, 1.165) is 17.4 Å². The van der Waals surface area contributed by atoms with Crippen molar-refractivity contribution in [3.8, 4) is 5.75 Å². The summed E-state index contributed by atoms with van der Waals surface area (Å²) in [5.41, 5.74) is -0.0556. The van der Waals surface area contributed by atoms with E-state index in [1.54, 1.807) is 19.2 Å². The van der Waals surface area contributed by atoms with Crippen LogP contribution < -0.4 is 10.1 Å². The molecule has 0 saturated heterocycles. The molecule has 0 amide bonds. The lowest BCUT2D eigenvalue weighted by Crippen LogP contribution is -2.10. The molecule has 0 saturated carbocycles. The molecule has 0 unspecified atom stereocenters. The number of nitrogens with one attached hydrogen (secondary N) is 1. The van der Waals surface area contributed by atoms with Crippen molar-refractivity contribution in [3.63, 3.8) is 0 Å². The molecule has 2 rings (SSSR count). The minimum atomic E-state index is -4.47. The minimum absolute atomic E-state index is 0.286. The highest BCUT2D eigenvalue weighted by atomic mass is 19.4. The van der Waals surface area contributed by atoms with Gasteiger partial charge in [0.15, 0.2) is 5.69 Å². The molecule has 0 spiro atoms. The molecular formula is C13H12F3N3O. The largest absolute Gasteiger partial charge is 0.497 e. The number of hydrogen-bond donors (Lipinski definition) is 1. The zero-order valence-corrected chi connectivity index (χ0v) is 10.6. The molecule has 0 atom stereocenters. The van der Waals surface area contributed by atoms with E-state index < -0.39 is 11.9 Å². The zero-order chi connectivity index (χ0) is 14.6. The molecule has 0 aliphatic carbocycles. The Balaban J connectivity index is 1.96. The molecule has 1 aromatic heterocycles. The Labute approximate surface area is 113 Å². The molecule has 106 valence electrons. The first-order valence-corrected chi connectivity index (χ1v) is 5.77. The first-order valence-electron chi connectivity index (χ1n) is 5.77. The summed E-state index contributed by atoms with van der Waals surface area (Å²) in [5.74, 6) is 1.02. The Hall–Kier alpha value is -2.31. The predicted octanol–water partition coefficient (Wildman–Crippen LogP) is 3.12. The van der Waals surface area contributed by atoms with Crippen LogP contribution in [-0.4, -0.2) is 17.3 Å². The maximum absolute atomic E-state index is 12.3.